The third-order valence-corrected chi connectivity index (χ3v) is 7.89. The summed E-state index contributed by atoms with van der Waals surface area (Å²) in [6.07, 6.45) is 9.30. The number of methoxy groups -OCH3 is 1. The van der Waals surface area contributed by atoms with E-state index in [0.717, 1.165) is 63.4 Å². The molecule has 1 aromatic heterocycles. The van der Waals surface area contributed by atoms with Crippen LogP contribution in [-0.4, -0.2) is 69.9 Å². The Bertz CT molecular complexity index is 1050. The lowest BCUT2D eigenvalue weighted by Gasteiger charge is -2.45. The van der Waals surface area contributed by atoms with Gasteiger partial charge in [-0.15, -0.1) is 5.10 Å². The van der Waals surface area contributed by atoms with Gasteiger partial charge in [-0.1, -0.05) is 42.0 Å². The molecule has 0 spiro atoms. The third kappa shape index (κ3) is 5.66. The van der Waals surface area contributed by atoms with E-state index in [1.165, 1.54) is 5.56 Å². The number of nitrogens with zero attached hydrogens (tertiary/aromatic N) is 3. The van der Waals surface area contributed by atoms with Crippen LogP contribution >= 0.6 is 0 Å². The Morgan fingerprint density at radius 1 is 1.14 bits per heavy atom. The summed E-state index contributed by atoms with van der Waals surface area (Å²) in [7, 11) is 1.64. The van der Waals surface area contributed by atoms with Crippen LogP contribution in [0.1, 0.15) is 74.2 Å². The molecule has 0 amide bonds. The molecule has 5 atom stereocenters. The minimum absolute atomic E-state index is 0.0227. The molecule has 3 heterocycles. The molecule has 1 aliphatic carbocycles. The fourth-order valence-corrected chi connectivity index (χ4v) is 5.82. The van der Waals surface area contributed by atoms with Crippen molar-refractivity contribution in [2.45, 2.75) is 93.8 Å². The van der Waals surface area contributed by atoms with Gasteiger partial charge in [0.15, 0.2) is 0 Å². The third-order valence-electron chi connectivity index (χ3n) is 7.89. The van der Waals surface area contributed by atoms with Crippen molar-refractivity contribution in [3.05, 3.63) is 47.3 Å². The summed E-state index contributed by atoms with van der Waals surface area (Å²) < 4.78 is 19.7. The van der Waals surface area contributed by atoms with Crippen molar-refractivity contribution in [1.82, 2.24) is 15.0 Å². The van der Waals surface area contributed by atoms with Gasteiger partial charge in [-0.2, -0.15) is 0 Å². The van der Waals surface area contributed by atoms with Gasteiger partial charge in [0.25, 0.3) is 0 Å². The van der Waals surface area contributed by atoms with Crippen LogP contribution in [0.15, 0.2) is 30.5 Å². The summed E-state index contributed by atoms with van der Waals surface area (Å²) in [4.78, 5) is 0. The van der Waals surface area contributed by atoms with Gasteiger partial charge in [0.1, 0.15) is 17.9 Å². The number of aromatic nitrogens is 3. The molecule has 8 nitrogen and oxygen atoms in total. The predicted molar refractivity (Wildman–Crippen MR) is 133 cm³/mol. The van der Waals surface area contributed by atoms with Crippen molar-refractivity contribution in [3.8, 4) is 11.8 Å². The van der Waals surface area contributed by atoms with Crippen LogP contribution < -0.4 is 0 Å². The summed E-state index contributed by atoms with van der Waals surface area (Å²) in [5, 5.41) is 29.5. The van der Waals surface area contributed by atoms with Crippen LogP contribution in [-0.2, 0) is 26.2 Å². The first-order valence-corrected chi connectivity index (χ1v) is 13.2. The quantitative estimate of drug-likeness (QED) is 0.570. The number of benzene rings is 1. The van der Waals surface area contributed by atoms with Gasteiger partial charge < -0.3 is 24.4 Å². The molecule has 3 fully saturated rings. The van der Waals surface area contributed by atoms with Crippen molar-refractivity contribution in [1.29, 1.82) is 0 Å². The monoisotopic (exact) mass is 495 g/mol. The van der Waals surface area contributed by atoms with Gasteiger partial charge >= 0.3 is 0 Å². The normalized spacial score (nSPS) is 29.4. The molecule has 2 aliphatic heterocycles. The molecule has 8 heteroatoms. The highest BCUT2D eigenvalue weighted by atomic mass is 16.6. The van der Waals surface area contributed by atoms with Gasteiger partial charge in [0, 0.05) is 19.1 Å². The molecule has 0 bridgehead atoms. The van der Waals surface area contributed by atoms with E-state index in [1.807, 2.05) is 23.0 Å². The zero-order chi connectivity index (χ0) is 25.0. The van der Waals surface area contributed by atoms with Gasteiger partial charge in [0.05, 0.1) is 43.3 Å². The maximum absolute atomic E-state index is 11.0. The van der Waals surface area contributed by atoms with Gasteiger partial charge in [-0.25, -0.2) is 4.68 Å². The maximum atomic E-state index is 11.0. The van der Waals surface area contributed by atoms with Crippen molar-refractivity contribution in [2.24, 2.45) is 0 Å². The fraction of sp³-hybridized carbons (Fsp3) is 0.643. The summed E-state index contributed by atoms with van der Waals surface area (Å²) in [6, 6.07) is 8.29. The van der Waals surface area contributed by atoms with Crippen molar-refractivity contribution in [3.63, 3.8) is 0 Å². The Balaban J connectivity index is 1.31. The van der Waals surface area contributed by atoms with Crippen LogP contribution in [0.4, 0.5) is 0 Å². The molecule has 194 valence electrons. The Kier molecular flexibility index (Phi) is 8.04. The topological polar surface area (TPSA) is 98.9 Å². The summed E-state index contributed by atoms with van der Waals surface area (Å²) in [6.45, 7) is 0.456. The minimum Gasteiger partial charge on any atom is -0.394 e. The smallest absolute Gasteiger partial charge is 0.114 e. The number of aryl methyl sites for hydroxylation is 1. The highest BCUT2D eigenvalue weighted by molar-refractivity contribution is 5.36. The first-order chi connectivity index (χ1) is 17.6. The van der Waals surface area contributed by atoms with Crippen LogP contribution in [0.5, 0.6) is 0 Å². The Morgan fingerprint density at radius 2 is 1.94 bits per heavy atom. The molecular weight excluding hydrogens is 458 g/mol. The average molecular weight is 496 g/mol. The lowest BCUT2D eigenvalue weighted by molar-refractivity contribution is -0.209. The minimum atomic E-state index is -0.872. The maximum Gasteiger partial charge on any atom is 0.114 e. The second-order valence-electron chi connectivity index (χ2n) is 10.4. The first kappa shape index (κ1) is 25.4. The molecule has 5 rings (SSSR count). The van der Waals surface area contributed by atoms with Crippen LogP contribution in [0, 0.1) is 11.8 Å². The Morgan fingerprint density at radius 3 is 2.69 bits per heavy atom. The second-order valence-corrected chi connectivity index (χ2v) is 10.4. The standard InChI is InChI=1S/C28H37N3O5/c1-34-16-4-5-20-6-8-21(9-7-20)10-12-24-23(17-26-25(36-24)13-11-22(19-32)35-26)31-18-27(29-30-31)28(33)14-2-3-15-28/h6-9,18,22-26,32-33H,2-3,10-17,19H2,1H3/t22-,23-,24+,25-,26-/m0/s1. The second kappa shape index (κ2) is 11.4. The molecule has 0 unspecified atom stereocenters. The molecule has 0 radical (unpaired) electrons. The van der Waals surface area contributed by atoms with Crippen molar-refractivity contribution < 1.29 is 24.4 Å². The number of aliphatic hydroxyl groups is 2. The molecular formula is C28H37N3O5. The van der Waals surface area contributed by atoms with Crippen LogP contribution in [0.25, 0.3) is 0 Å². The van der Waals surface area contributed by atoms with E-state index in [4.69, 9.17) is 14.2 Å². The number of aliphatic hydroxyl groups excluding tert-OH is 1. The SMILES string of the molecule is COCC#Cc1ccc(CC[C@H]2O[C@H]3CC[C@@H](CO)O[C@H]3C[C@@H]2n2cc(C3(O)CCCC3)nn2)cc1. The number of ether oxygens (including phenoxy) is 3. The molecule has 3 aliphatic rings. The van der Waals surface area contributed by atoms with E-state index in [1.54, 1.807) is 7.11 Å². The molecule has 1 saturated carbocycles. The fourth-order valence-electron chi connectivity index (χ4n) is 5.82. The first-order valence-electron chi connectivity index (χ1n) is 13.2. The zero-order valence-corrected chi connectivity index (χ0v) is 21.0. The summed E-state index contributed by atoms with van der Waals surface area (Å²) in [5.74, 6) is 6.09. The largest absolute Gasteiger partial charge is 0.394 e. The summed E-state index contributed by atoms with van der Waals surface area (Å²) in [5.41, 5.74) is 1.99. The van der Waals surface area contributed by atoms with Gasteiger partial charge in [-0.3, -0.25) is 0 Å². The highest BCUT2D eigenvalue weighted by Gasteiger charge is 2.44. The lowest BCUT2D eigenvalue weighted by Crippen LogP contribution is -2.51. The van der Waals surface area contributed by atoms with E-state index >= 15 is 0 Å². The van der Waals surface area contributed by atoms with E-state index in [0.29, 0.717) is 12.3 Å². The molecule has 2 saturated heterocycles. The highest BCUT2D eigenvalue weighted by Crippen LogP contribution is 2.40. The number of fused-ring (bicyclic) bond motifs is 1. The number of rotatable bonds is 7. The molecule has 2 N–H and O–H groups in total. The molecule has 36 heavy (non-hydrogen) atoms. The Hall–Kier alpha value is -2.28. The van der Waals surface area contributed by atoms with E-state index < -0.39 is 5.60 Å². The number of hydrogen-bond donors (Lipinski definition) is 2. The summed E-state index contributed by atoms with van der Waals surface area (Å²) >= 11 is 0. The van der Waals surface area contributed by atoms with Crippen LogP contribution in [0.3, 0.4) is 0 Å². The molecule has 1 aromatic carbocycles. The van der Waals surface area contributed by atoms with Gasteiger partial charge in [-0.05, 0) is 56.2 Å². The Labute approximate surface area is 212 Å². The van der Waals surface area contributed by atoms with E-state index in [2.05, 4.69) is 34.3 Å². The average Bonchev–Trinajstić information content (AvgIpc) is 3.58. The van der Waals surface area contributed by atoms with Crippen LogP contribution in [0.2, 0.25) is 0 Å². The zero-order valence-electron chi connectivity index (χ0n) is 21.0. The van der Waals surface area contributed by atoms with Gasteiger partial charge in [0.2, 0.25) is 0 Å². The lowest BCUT2D eigenvalue weighted by atomic mass is 9.88. The van der Waals surface area contributed by atoms with Crippen molar-refractivity contribution in [2.75, 3.05) is 20.3 Å². The van der Waals surface area contributed by atoms with Crippen molar-refractivity contribution >= 4 is 0 Å². The predicted octanol–water partition coefficient (Wildman–Crippen LogP) is 2.91. The van der Waals surface area contributed by atoms with E-state index in [-0.39, 0.29) is 37.1 Å². The number of hydrogen-bond acceptors (Lipinski definition) is 7. The molecule has 2 aromatic rings. The van der Waals surface area contributed by atoms with E-state index in [9.17, 15) is 10.2 Å².